The molecule has 0 aliphatic rings. The molecule has 0 saturated heterocycles. The number of rotatable bonds is 5. The highest BCUT2D eigenvalue weighted by atomic mass is 32.1. The van der Waals surface area contributed by atoms with Gasteiger partial charge in [0, 0.05) is 30.5 Å². The first-order valence-corrected chi connectivity index (χ1v) is 6.92. The number of methoxy groups -OCH3 is 1. The van der Waals surface area contributed by atoms with Gasteiger partial charge in [-0.25, -0.2) is 0 Å². The number of hydrogen-bond acceptors (Lipinski definition) is 6. The summed E-state index contributed by atoms with van der Waals surface area (Å²) < 4.78 is 5.12. The third-order valence-electron chi connectivity index (χ3n) is 3.01. The summed E-state index contributed by atoms with van der Waals surface area (Å²) in [7, 11) is 3.57. The molecule has 102 valence electrons. The van der Waals surface area contributed by atoms with E-state index in [0.29, 0.717) is 11.9 Å². The average Bonchev–Trinajstić information content (AvgIpc) is 2.89. The highest BCUT2D eigenvalue weighted by molar-refractivity contribution is 7.09. The van der Waals surface area contributed by atoms with Crippen LogP contribution in [0.15, 0.2) is 23.6 Å². The highest BCUT2D eigenvalue weighted by Gasteiger charge is 2.14. The van der Waals surface area contributed by atoms with Crippen molar-refractivity contribution in [2.45, 2.75) is 19.4 Å². The first kappa shape index (κ1) is 13.6. The van der Waals surface area contributed by atoms with Crippen molar-refractivity contribution in [3.05, 3.63) is 28.5 Å². The van der Waals surface area contributed by atoms with Crippen LogP contribution in [0.5, 0.6) is 5.88 Å². The summed E-state index contributed by atoms with van der Waals surface area (Å²) in [6.45, 7) is 2.16. The molecule has 2 aromatic heterocycles. The minimum Gasteiger partial charge on any atom is -0.481 e. The number of likely N-dealkylation sites (N-methyl/N-ethyl adjacent to an activating group) is 1. The van der Waals surface area contributed by atoms with E-state index >= 15 is 0 Å². The molecule has 0 spiro atoms. The molecule has 2 aromatic rings. The molecule has 0 saturated carbocycles. The lowest BCUT2D eigenvalue weighted by Crippen LogP contribution is -2.31. The van der Waals surface area contributed by atoms with Crippen LogP contribution in [0.2, 0.25) is 0 Å². The van der Waals surface area contributed by atoms with Gasteiger partial charge in [-0.2, -0.15) is 9.97 Å². The van der Waals surface area contributed by atoms with Crippen molar-refractivity contribution >= 4 is 23.1 Å². The summed E-state index contributed by atoms with van der Waals surface area (Å²) in [4.78, 5) is 11.7. The molecule has 0 amide bonds. The van der Waals surface area contributed by atoms with Crippen molar-refractivity contribution in [3.8, 4) is 5.88 Å². The van der Waals surface area contributed by atoms with E-state index in [9.17, 15) is 0 Å². The van der Waals surface area contributed by atoms with Gasteiger partial charge in [0.2, 0.25) is 11.8 Å². The molecule has 2 rings (SSSR count). The first-order chi connectivity index (χ1) is 9.10. The zero-order chi connectivity index (χ0) is 13.8. The van der Waals surface area contributed by atoms with Crippen LogP contribution < -0.4 is 15.4 Å². The first-order valence-electron chi connectivity index (χ1n) is 6.04. The van der Waals surface area contributed by atoms with E-state index in [1.807, 2.05) is 7.05 Å². The van der Waals surface area contributed by atoms with Gasteiger partial charge < -0.3 is 15.4 Å². The Balaban J connectivity index is 2.14. The summed E-state index contributed by atoms with van der Waals surface area (Å²) in [5.41, 5.74) is 5.68. The summed E-state index contributed by atoms with van der Waals surface area (Å²) in [5.74, 6) is 1.48. The Morgan fingerprint density at radius 2 is 2.26 bits per heavy atom. The molecule has 2 N–H and O–H groups in total. The van der Waals surface area contributed by atoms with E-state index in [1.165, 1.54) is 4.88 Å². The van der Waals surface area contributed by atoms with Crippen LogP contribution in [-0.2, 0) is 6.42 Å². The lowest BCUT2D eigenvalue weighted by atomic mass is 10.2. The van der Waals surface area contributed by atoms with Crippen LogP contribution in [-0.4, -0.2) is 30.2 Å². The van der Waals surface area contributed by atoms with Gasteiger partial charge in [0.05, 0.1) is 7.11 Å². The highest BCUT2D eigenvalue weighted by Crippen LogP contribution is 2.21. The predicted octanol–water partition coefficient (Wildman–Crippen LogP) is 2.20. The van der Waals surface area contributed by atoms with Crippen molar-refractivity contribution in [2.24, 2.45) is 0 Å². The summed E-state index contributed by atoms with van der Waals surface area (Å²) >= 11 is 1.77. The van der Waals surface area contributed by atoms with Crippen LogP contribution in [0.1, 0.15) is 11.8 Å². The SMILES string of the molecule is COc1cc(N(C)C(C)Cc2cccs2)nc(N)n1. The maximum absolute atomic E-state index is 5.68. The Morgan fingerprint density at radius 3 is 2.89 bits per heavy atom. The number of nitrogens with two attached hydrogens (primary N) is 1. The molecule has 5 nitrogen and oxygen atoms in total. The fourth-order valence-electron chi connectivity index (χ4n) is 1.80. The third-order valence-corrected chi connectivity index (χ3v) is 3.91. The molecule has 19 heavy (non-hydrogen) atoms. The molecule has 2 heterocycles. The Labute approximate surface area is 117 Å². The zero-order valence-electron chi connectivity index (χ0n) is 11.3. The Hall–Kier alpha value is -1.82. The van der Waals surface area contributed by atoms with Gasteiger partial charge in [-0.05, 0) is 18.4 Å². The molecule has 6 heteroatoms. The molecular formula is C13H18N4OS. The normalized spacial score (nSPS) is 12.2. The second-order valence-electron chi connectivity index (χ2n) is 4.37. The monoisotopic (exact) mass is 278 g/mol. The number of nitrogens with zero attached hydrogens (tertiary/aromatic N) is 3. The molecule has 1 unspecified atom stereocenters. The maximum Gasteiger partial charge on any atom is 0.225 e. The van der Waals surface area contributed by atoms with Gasteiger partial charge in [-0.1, -0.05) is 6.07 Å². The number of anilines is 2. The average molecular weight is 278 g/mol. The standard InChI is InChI=1S/C13H18N4OS/c1-9(7-10-5-4-6-19-10)17(2)11-8-12(18-3)16-13(14)15-11/h4-6,8-9H,7H2,1-3H3,(H2,14,15,16). The zero-order valence-corrected chi connectivity index (χ0v) is 12.1. The van der Waals surface area contributed by atoms with E-state index in [2.05, 4.69) is 39.3 Å². The van der Waals surface area contributed by atoms with Crippen molar-refractivity contribution in [3.63, 3.8) is 0 Å². The summed E-state index contributed by atoms with van der Waals surface area (Å²) in [6.07, 6.45) is 0.973. The number of ether oxygens (including phenoxy) is 1. The molecule has 0 aliphatic carbocycles. The van der Waals surface area contributed by atoms with Gasteiger partial charge in [0.1, 0.15) is 5.82 Å². The van der Waals surface area contributed by atoms with Crippen molar-refractivity contribution in [1.29, 1.82) is 0 Å². The van der Waals surface area contributed by atoms with E-state index < -0.39 is 0 Å². The fourth-order valence-corrected chi connectivity index (χ4v) is 2.62. The smallest absolute Gasteiger partial charge is 0.225 e. The van der Waals surface area contributed by atoms with Gasteiger partial charge >= 0.3 is 0 Å². The van der Waals surface area contributed by atoms with Crippen molar-refractivity contribution < 1.29 is 4.74 Å². The minimum absolute atomic E-state index is 0.226. The number of thiophene rings is 1. The minimum atomic E-state index is 0.226. The van der Waals surface area contributed by atoms with E-state index in [4.69, 9.17) is 10.5 Å². The second kappa shape index (κ2) is 5.88. The molecule has 1 atom stereocenters. The quantitative estimate of drug-likeness (QED) is 0.908. The van der Waals surface area contributed by atoms with Crippen LogP contribution >= 0.6 is 11.3 Å². The number of hydrogen-bond donors (Lipinski definition) is 1. The topological polar surface area (TPSA) is 64.3 Å². The Kier molecular flexibility index (Phi) is 4.21. The molecule has 0 bridgehead atoms. The largest absolute Gasteiger partial charge is 0.481 e. The summed E-state index contributed by atoms with van der Waals surface area (Å²) in [6, 6.07) is 6.32. The lowest BCUT2D eigenvalue weighted by Gasteiger charge is -2.25. The van der Waals surface area contributed by atoms with Crippen LogP contribution in [0.25, 0.3) is 0 Å². The fraction of sp³-hybridized carbons (Fsp3) is 0.385. The van der Waals surface area contributed by atoms with Crippen molar-refractivity contribution in [1.82, 2.24) is 9.97 Å². The van der Waals surface area contributed by atoms with Gasteiger partial charge in [-0.15, -0.1) is 11.3 Å². The number of aromatic nitrogens is 2. The summed E-state index contributed by atoms with van der Waals surface area (Å²) in [5, 5.41) is 2.09. The van der Waals surface area contributed by atoms with Gasteiger partial charge in [0.15, 0.2) is 0 Å². The van der Waals surface area contributed by atoms with Crippen LogP contribution in [0, 0.1) is 0 Å². The molecule has 0 aliphatic heterocycles. The van der Waals surface area contributed by atoms with Crippen LogP contribution in [0.3, 0.4) is 0 Å². The van der Waals surface area contributed by atoms with E-state index in [0.717, 1.165) is 12.2 Å². The second-order valence-corrected chi connectivity index (χ2v) is 5.40. The van der Waals surface area contributed by atoms with Gasteiger partial charge in [0.25, 0.3) is 0 Å². The molecular weight excluding hydrogens is 260 g/mol. The number of nitrogen functional groups attached to an aromatic ring is 1. The molecule has 0 radical (unpaired) electrons. The third kappa shape index (κ3) is 3.35. The van der Waals surface area contributed by atoms with E-state index in [-0.39, 0.29) is 5.95 Å². The predicted molar refractivity (Wildman–Crippen MR) is 78.9 cm³/mol. The van der Waals surface area contributed by atoms with Gasteiger partial charge in [-0.3, -0.25) is 0 Å². The van der Waals surface area contributed by atoms with Crippen molar-refractivity contribution in [2.75, 3.05) is 24.8 Å². The van der Waals surface area contributed by atoms with Crippen LogP contribution in [0.4, 0.5) is 11.8 Å². The maximum atomic E-state index is 5.68. The Bertz CT molecular complexity index is 529. The molecule has 0 fully saturated rings. The van der Waals surface area contributed by atoms with E-state index in [1.54, 1.807) is 24.5 Å². The Morgan fingerprint density at radius 1 is 1.47 bits per heavy atom. The molecule has 0 aromatic carbocycles. The lowest BCUT2D eigenvalue weighted by molar-refractivity contribution is 0.397.